The van der Waals surface area contributed by atoms with Crippen molar-refractivity contribution in [3.8, 4) is 0 Å². The number of hydrogen-bond acceptors (Lipinski definition) is 2. The summed E-state index contributed by atoms with van der Waals surface area (Å²) in [4.78, 5) is 15.4. The fourth-order valence-corrected chi connectivity index (χ4v) is 3.18. The Labute approximate surface area is 130 Å². The van der Waals surface area contributed by atoms with Gasteiger partial charge in [-0.05, 0) is 17.7 Å². The molecule has 1 atom stereocenters. The van der Waals surface area contributed by atoms with Crippen LogP contribution in [0, 0.1) is 0 Å². The molecule has 120 valence electrons. The molecule has 3 rings (SSSR count). The smallest absolute Gasteiger partial charge is 0.336 e. The number of piperazine rings is 1. The molecule has 0 aromatic heterocycles. The average Bonchev–Trinajstić information content (AvgIpc) is 2.81. The third-order valence-electron chi connectivity index (χ3n) is 4.06. The van der Waals surface area contributed by atoms with Crippen LogP contribution >= 0.6 is 11.6 Å². The number of urea groups is 1. The molecule has 22 heavy (non-hydrogen) atoms. The van der Waals surface area contributed by atoms with E-state index < -0.39 is 11.7 Å². The van der Waals surface area contributed by atoms with Gasteiger partial charge in [-0.25, -0.2) is 4.79 Å². The van der Waals surface area contributed by atoms with Crippen LogP contribution in [0.25, 0.3) is 0 Å². The first-order valence-electron chi connectivity index (χ1n) is 6.97. The Bertz CT molecular complexity index is 593. The first-order chi connectivity index (χ1) is 10.3. The molecule has 0 bridgehead atoms. The van der Waals surface area contributed by atoms with Crippen molar-refractivity contribution in [1.29, 1.82) is 0 Å². The largest absolute Gasteiger partial charge is 0.417 e. The minimum absolute atomic E-state index is 0.0597. The third-order valence-corrected chi connectivity index (χ3v) is 4.39. The van der Waals surface area contributed by atoms with Gasteiger partial charge < -0.3 is 10.2 Å². The minimum Gasteiger partial charge on any atom is -0.336 e. The quantitative estimate of drug-likeness (QED) is 0.903. The lowest BCUT2D eigenvalue weighted by Gasteiger charge is -2.36. The number of rotatable bonds is 2. The molecule has 2 fully saturated rings. The van der Waals surface area contributed by atoms with E-state index in [-0.39, 0.29) is 17.1 Å². The molecule has 1 aromatic carbocycles. The Morgan fingerprint density at radius 3 is 2.82 bits per heavy atom. The number of benzene rings is 1. The third kappa shape index (κ3) is 3.01. The molecule has 0 spiro atoms. The molecule has 1 unspecified atom stereocenters. The Morgan fingerprint density at radius 1 is 1.32 bits per heavy atom. The number of nitrogens with zero attached hydrogens (tertiary/aromatic N) is 2. The average molecular weight is 334 g/mol. The molecule has 8 heteroatoms. The molecule has 2 amide bonds. The highest BCUT2D eigenvalue weighted by Gasteiger charge is 2.36. The summed E-state index contributed by atoms with van der Waals surface area (Å²) in [6.07, 6.45) is -4.45. The highest BCUT2D eigenvalue weighted by atomic mass is 35.5. The van der Waals surface area contributed by atoms with E-state index in [0.717, 1.165) is 6.07 Å². The molecule has 2 heterocycles. The Hall–Kier alpha value is -1.47. The van der Waals surface area contributed by atoms with Gasteiger partial charge in [0.15, 0.2) is 0 Å². The molecule has 2 saturated heterocycles. The van der Waals surface area contributed by atoms with E-state index >= 15 is 0 Å². The summed E-state index contributed by atoms with van der Waals surface area (Å²) in [7, 11) is 0. The summed E-state index contributed by atoms with van der Waals surface area (Å²) < 4.78 is 38.6. The van der Waals surface area contributed by atoms with E-state index in [1.165, 1.54) is 6.07 Å². The zero-order valence-corrected chi connectivity index (χ0v) is 12.4. The fourth-order valence-electron chi connectivity index (χ4n) is 2.96. The summed E-state index contributed by atoms with van der Waals surface area (Å²) in [5.41, 5.74) is -0.231. The zero-order chi connectivity index (χ0) is 15.9. The fraction of sp³-hybridized carbons (Fsp3) is 0.500. The van der Waals surface area contributed by atoms with Gasteiger partial charge in [0.05, 0.1) is 16.6 Å². The topological polar surface area (TPSA) is 35.6 Å². The second-order valence-electron chi connectivity index (χ2n) is 5.58. The first-order valence-corrected chi connectivity index (χ1v) is 7.35. The van der Waals surface area contributed by atoms with E-state index in [2.05, 4.69) is 10.2 Å². The van der Waals surface area contributed by atoms with Crippen molar-refractivity contribution in [2.24, 2.45) is 0 Å². The van der Waals surface area contributed by atoms with Gasteiger partial charge in [-0.15, -0.1) is 0 Å². The SMILES string of the molecule is O=C1NCC2CN(Cc3ccc(Cl)c(C(F)(F)F)c3)CCN12. The molecule has 2 aliphatic rings. The van der Waals surface area contributed by atoms with Crippen LogP contribution in [0.15, 0.2) is 18.2 Å². The number of alkyl halides is 3. The first kappa shape index (κ1) is 15.4. The van der Waals surface area contributed by atoms with Crippen molar-refractivity contribution >= 4 is 17.6 Å². The highest BCUT2D eigenvalue weighted by molar-refractivity contribution is 6.31. The minimum atomic E-state index is -4.45. The monoisotopic (exact) mass is 333 g/mol. The molecular formula is C14H15ClF3N3O. The predicted molar refractivity (Wildman–Crippen MR) is 75.6 cm³/mol. The van der Waals surface area contributed by atoms with E-state index in [1.54, 1.807) is 11.0 Å². The number of fused-ring (bicyclic) bond motifs is 1. The van der Waals surface area contributed by atoms with Crippen LogP contribution in [0.5, 0.6) is 0 Å². The molecule has 0 radical (unpaired) electrons. The predicted octanol–water partition coefficient (Wildman–Crippen LogP) is 2.57. The number of hydrogen-bond donors (Lipinski definition) is 1. The summed E-state index contributed by atoms with van der Waals surface area (Å²) in [6, 6.07) is 4.04. The van der Waals surface area contributed by atoms with Crippen LogP contribution in [-0.4, -0.2) is 48.1 Å². The summed E-state index contributed by atoms with van der Waals surface area (Å²) in [5, 5.41) is 2.49. The van der Waals surface area contributed by atoms with Crippen molar-refractivity contribution < 1.29 is 18.0 Å². The summed E-state index contributed by atoms with van der Waals surface area (Å²) >= 11 is 5.63. The summed E-state index contributed by atoms with van der Waals surface area (Å²) in [6.45, 7) is 2.90. The molecule has 1 N–H and O–H groups in total. The van der Waals surface area contributed by atoms with Gasteiger partial charge in [-0.2, -0.15) is 13.2 Å². The maximum Gasteiger partial charge on any atom is 0.417 e. The highest BCUT2D eigenvalue weighted by Crippen LogP contribution is 2.35. The molecule has 1 aromatic rings. The Kier molecular flexibility index (Phi) is 3.94. The number of nitrogens with one attached hydrogen (secondary N) is 1. The lowest BCUT2D eigenvalue weighted by molar-refractivity contribution is -0.137. The van der Waals surface area contributed by atoms with Gasteiger partial charge in [0, 0.05) is 32.7 Å². The van der Waals surface area contributed by atoms with Crippen LogP contribution in [0.4, 0.5) is 18.0 Å². The van der Waals surface area contributed by atoms with Crippen LogP contribution in [0.1, 0.15) is 11.1 Å². The van der Waals surface area contributed by atoms with Gasteiger partial charge in [0.25, 0.3) is 0 Å². The second kappa shape index (κ2) is 5.62. The van der Waals surface area contributed by atoms with E-state index in [0.29, 0.717) is 38.3 Å². The molecule has 0 saturated carbocycles. The summed E-state index contributed by atoms with van der Waals surface area (Å²) in [5.74, 6) is 0. The number of halogens is 4. The van der Waals surface area contributed by atoms with E-state index in [9.17, 15) is 18.0 Å². The van der Waals surface area contributed by atoms with Crippen molar-refractivity contribution in [3.05, 3.63) is 34.3 Å². The normalized spacial score (nSPS) is 22.6. The van der Waals surface area contributed by atoms with Gasteiger partial charge in [0.1, 0.15) is 0 Å². The lowest BCUT2D eigenvalue weighted by atomic mass is 10.1. The maximum atomic E-state index is 12.9. The number of carbonyl (C=O) groups excluding carboxylic acids is 1. The molecule has 0 aliphatic carbocycles. The lowest BCUT2D eigenvalue weighted by Crippen LogP contribution is -2.51. The standard InChI is InChI=1S/C14H15ClF3N3O/c15-12-2-1-9(5-11(12)14(16,17)18)7-20-3-4-21-10(8-20)6-19-13(21)22/h1-2,5,10H,3-4,6-8H2,(H,19,22). The zero-order valence-electron chi connectivity index (χ0n) is 11.7. The number of amides is 2. The van der Waals surface area contributed by atoms with Gasteiger partial charge >= 0.3 is 12.2 Å². The van der Waals surface area contributed by atoms with Crippen LogP contribution in [0.2, 0.25) is 5.02 Å². The Morgan fingerprint density at radius 2 is 2.09 bits per heavy atom. The van der Waals surface area contributed by atoms with Crippen LogP contribution < -0.4 is 5.32 Å². The second-order valence-corrected chi connectivity index (χ2v) is 5.99. The maximum absolute atomic E-state index is 12.9. The van der Waals surface area contributed by atoms with Gasteiger partial charge in [-0.1, -0.05) is 17.7 Å². The van der Waals surface area contributed by atoms with Crippen molar-refractivity contribution in [2.75, 3.05) is 26.2 Å². The van der Waals surface area contributed by atoms with Crippen LogP contribution in [0.3, 0.4) is 0 Å². The van der Waals surface area contributed by atoms with Crippen molar-refractivity contribution in [2.45, 2.75) is 18.8 Å². The molecular weight excluding hydrogens is 319 g/mol. The number of carbonyl (C=O) groups is 1. The molecule has 2 aliphatic heterocycles. The van der Waals surface area contributed by atoms with Gasteiger partial charge in [-0.3, -0.25) is 4.90 Å². The van der Waals surface area contributed by atoms with Crippen LogP contribution in [-0.2, 0) is 12.7 Å². The van der Waals surface area contributed by atoms with Crippen molar-refractivity contribution in [3.63, 3.8) is 0 Å². The molecule has 4 nitrogen and oxygen atoms in total. The van der Waals surface area contributed by atoms with Gasteiger partial charge in [0.2, 0.25) is 0 Å². The van der Waals surface area contributed by atoms with E-state index in [1.807, 2.05) is 0 Å². The van der Waals surface area contributed by atoms with Crippen molar-refractivity contribution in [1.82, 2.24) is 15.1 Å². The van der Waals surface area contributed by atoms with E-state index in [4.69, 9.17) is 11.6 Å². The Balaban J connectivity index is 1.70.